The molecule has 0 radical (unpaired) electrons. The lowest BCUT2D eigenvalue weighted by atomic mass is 10.1. The minimum absolute atomic E-state index is 0.0445. The van der Waals surface area contributed by atoms with Crippen LogP contribution < -0.4 is 11.1 Å². The van der Waals surface area contributed by atoms with E-state index in [0.717, 1.165) is 0 Å². The van der Waals surface area contributed by atoms with Crippen LogP contribution in [0.5, 0.6) is 0 Å². The van der Waals surface area contributed by atoms with Crippen molar-refractivity contribution in [2.24, 2.45) is 10.7 Å². The number of nitrogens with two attached hydrogens (primary N) is 1. The van der Waals surface area contributed by atoms with Crippen LogP contribution in [0.3, 0.4) is 0 Å². The second-order valence-corrected chi connectivity index (χ2v) is 6.47. The SMILES string of the molecule is CC(=C/NC=O)/C(N)=N\[C@@H]1OC(C)(C)C(O[PH](O)=S)=C1O. The summed E-state index contributed by atoms with van der Waals surface area (Å²) >= 11 is 4.61. The molecule has 0 bridgehead atoms. The Morgan fingerprint density at radius 2 is 2.29 bits per heavy atom. The molecule has 2 atom stereocenters. The van der Waals surface area contributed by atoms with E-state index in [4.69, 9.17) is 15.0 Å². The van der Waals surface area contributed by atoms with Crippen molar-refractivity contribution in [3.63, 3.8) is 0 Å². The van der Waals surface area contributed by atoms with Gasteiger partial charge in [0.25, 0.3) is 0 Å². The summed E-state index contributed by atoms with van der Waals surface area (Å²) in [6.45, 7) is 4.91. The van der Waals surface area contributed by atoms with Gasteiger partial charge in [-0.2, -0.15) is 0 Å². The average Bonchev–Trinajstić information content (AvgIpc) is 2.58. The predicted molar refractivity (Wildman–Crippen MR) is 82.2 cm³/mol. The summed E-state index contributed by atoms with van der Waals surface area (Å²) in [5.41, 5.74) is 5.24. The second kappa shape index (κ2) is 7.04. The highest BCUT2D eigenvalue weighted by molar-refractivity contribution is 8.00. The number of aliphatic imine (C=N–C) groups is 1. The zero-order chi connectivity index (χ0) is 16.2. The van der Waals surface area contributed by atoms with E-state index >= 15 is 0 Å². The van der Waals surface area contributed by atoms with E-state index in [-0.39, 0.29) is 17.4 Å². The molecule has 0 saturated carbocycles. The van der Waals surface area contributed by atoms with E-state index in [0.29, 0.717) is 12.0 Å². The number of hydrogen-bond acceptors (Lipinski definition) is 6. The van der Waals surface area contributed by atoms with E-state index in [1.807, 2.05) is 0 Å². The molecule has 1 aliphatic rings. The van der Waals surface area contributed by atoms with Crippen LogP contribution in [0.25, 0.3) is 0 Å². The molecule has 0 aromatic carbocycles. The fraction of sp³-hybridized carbons (Fsp3) is 0.455. The molecule has 1 aliphatic heterocycles. The van der Waals surface area contributed by atoms with Crippen molar-refractivity contribution in [1.82, 2.24) is 5.32 Å². The van der Waals surface area contributed by atoms with Crippen molar-refractivity contribution in [2.45, 2.75) is 32.6 Å². The van der Waals surface area contributed by atoms with Gasteiger partial charge in [-0.15, -0.1) is 0 Å². The highest BCUT2D eigenvalue weighted by atomic mass is 32.4. The number of nitrogens with zero attached hydrogens (tertiary/aromatic N) is 1. The maximum atomic E-state index is 10.2. The molecule has 5 N–H and O–H groups in total. The lowest BCUT2D eigenvalue weighted by molar-refractivity contribution is -0.108. The maximum absolute atomic E-state index is 10.2. The van der Waals surface area contributed by atoms with Crippen molar-refractivity contribution in [2.75, 3.05) is 0 Å². The predicted octanol–water partition coefficient (Wildman–Crippen LogP) is 0.413. The number of amidine groups is 1. The van der Waals surface area contributed by atoms with Gasteiger partial charge < -0.3 is 30.3 Å². The van der Waals surface area contributed by atoms with E-state index in [2.05, 4.69) is 22.1 Å². The van der Waals surface area contributed by atoms with Gasteiger partial charge in [0.15, 0.2) is 11.5 Å². The summed E-state index contributed by atoms with van der Waals surface area (Å²) in [4.78, 5) is 23.4. The molecule has 1 unspecified atom stereocenters. The Morgan fingerprint density at radius 3 is 2.81 bits per heavy atom. The third-order valence-corrected chi connectivity index (χ3v) is 3.27. The zero-order valence-electron chi connectivity index (χ0n) is 11.8. The number of aliphatic hydroxyl groups is 1. The fourth-order valence-electron chi connectivity index (χ4n) is 1.62. The number of hydrogen-bond donors (Lipinski definition) is 4. The van der Waals surface area contributed by atoms with Crippen LogP contribution in [0, 0.1) is 0 Å². The molecule has 118 valence electrons. The van der Waals surface area contributed by atoms with E-state index in [1.54, 1.807) is 20.8 Å². The highest BCUT2D eigenvalue weighted by Gasteiger charge is 2.43. The molecule has 21 heavy (non-hydrogen) atoms. The van der Waals surface area contributed by atoms with Crippen LogP contribution in [-0.4, -0.2) is 34.1 Å². The number of carbonyl (C=O) groups excluding carboxylic acids is 1. The van der Waals surface area contributed by atoms with Gasteiger partial charge in [-0.3, -0.25) is 4.79 Å². The molecule has 1 rings (SSSR count). The third kappa shape index (κ3) is 4.53. The van der Waals surface area contributed by atoms with Crippen LogP contribution in [0.1, 0.15) is 20.8 Å². The Balaban J connectivity index is 3.03. The minimum atomic E-state index is -2.45. The Labute approximate surface area is 127 Å². The molecular weight excluding hydrogens is 317 g/mol. The molecule has 0 aromatic rings. The first-order valence-electron chi connectivity index (χ1n) is 5.91. The largest absolute Gasteiger partial charge is 0.505 e. The first kappa shape index (κ1) is 17.6. The maximum Gasteiger partial charge on any atom is 0.223 e. The summed E-state index contributed by atoms with van der Waals surface area (Å²) in [5, 5.41) is 12.4. The number of amides is 1. The standard InChI is InChI=1S/C11H18N3O5PS/c1-6(4-13-5-15)9(12)14-10-7(16)8(19-20(17)21)11(2,3)18-10/h4-5,10,16,20H,1-3H3,(H2,12,14)(H,13,15)(H,17,21)/b6-4-/t10-/m1/s1. The molecule has 0 saturated heterocycles. The van der Waals surface area contributed by atoms with Gasteiger partial charge in [-0.05, 0) is 32.6 Å². The van der Waals surface area contributed by atoms with Crippen molar-refractivity contribution in [3.8, 4) is 0 Å². The quantitative estimate of drug-likeness (QED) is 0.240. The summed E-state index contributed by atoms with van der Waals surface area (Å²) in [5.74, 6) is -0.172. The van der Waals surface area contributed by atoms with Crippen LogP contribution in [0.4, 0.5) is 0 Å². The molecule has 0 aliphatic carbocycles. The van der Waals surface area contributed by atoms with Gasteiger partial charge in [-0.1, -0.05) is 0 Å². The van der Waals surface area contributed by atoms with E-state index in [1.165, 1.54) is 6.20 Å². The Hall–Kier alpha value is -1.41. The number of ether oxygens (including phenoxy) is 1. The van der Waals surface area contributed by atoms with E-state index < -0.39 is 19.0 Å². The monoisotopic (exact) mass is 335 g/mol. The first-order valence-corrected chi connectivity index (χ1v) is 8.40. The van der Waals surface area contributed by atoms with Crippen molar-refractivity contribution >= 4 is 31.2 Å². The summed E-state index contributed by atoms with van der Waals surface area (Å²) in [6.07, 6.45) is 0.789. The molecule has 8 nitrogen and oxygen atoms in total. The van der Waals surface area contributed by atoms with Crippen molar-refractivity contribution < 1.29 is 24.1 Å². The molecule has 1 heterocycles. The van der Waals surface area contributed by atoms with Crippen LogP contribution in [0.2, 0.25) is 0 Å². The summed E-state index contributed by atoms with van der Waals surface area (Å²) in [7, 11) is -2.45. The number of nitrogens with one attached hydrogen (secondary N) is 1. The van der Waals surface area contributed by atoms with Gasteiger partial charge in [0.2, 0.25) is 19.8 Å². The normalized spacial score (nSPS) is 23.9. The lowest BCUT2D eigenvalue weighted by Gasteiger charge is -2.21. The van der Waals surface area contributed by atoms with E-state index in [9.17, 15) is 14.8 Å². The highest BCUT2D eigenvalue weighted by Crippen LogP contribution is 2.40. The molecule has 1 amide bonds. The summed E-state index contributed by atoms with van der Waals surface area (Å²) in [6, 6.07) is 0. The van der Waals surface area contributed by atoms with Crippen LogP contribution in [0.15, 0.2) is 28.3 Å². The van der Waals surface area contributed by atoms with Crippen molar-refractivity contribution in [3.05, 3.63) is 23.3 Å². The third-order valence-electron chi connectivity index (χ3n) is 2.64. The number of rotatable bonds is 6. The minimum Gasteiger partial charge on any atom is -0.505 e. The van der Waals surface area contributed by atoms with Gasteiger partial charge in [0.05, 0.1) is 0 Å². The second-order valence-electron chi connectivity index (χ2n) is 4.69. The molecule has 0 aromatic heterocycles. The first-order chi connectivity index (χ1) is 9.69. The zero-order valence-corrected chi connectivity index (χ0v) is 13.6. The Kier molecular flexibility index (Phi) is 5.91. The number of aliphatic hydroxyl groups excluding tert-OH is 1. The van der Waals surface area contributed by atoms with Gasteiger partial charge in [0, 0.05) is 11.8 Å². The topological polar surface area (TPSA) is 126 Å². The summed E-state index contributed by atoms with van der Waals surface area (Å²) < 4.78 is 10.6. The van der Waals surface area contributed by atoms with Crippen molar-refractivity contribution in [1.29, 1.82) is 0 Å². The Bertz CT molecular complexity index is 544. The van der Waals surface area contributed by atoms with Gasteiger partial charge >= 0.3 is 0 Å². The molecule has 0 spiro atoms. The molecule has 10 heteroatoms. The van der Waals surface area contributed by atoms with Gasteiger partial charge in [0.1, 0.15) is 11.4 Å². The average molecular weight is 335 g/mol. The van der Waals surface area contributed by atoms with Gasteiger partial charge in [-0.25, -0.2) is 4.99 Å². The van der Waals surface area contributed by atoms with Crippen LogP contribution in [-0.2, 0) is 25.9 Å². The fourth-order valence-corrected chi connectivity index (χ4v) is 2.40. The molecular formula is C11H18N3O5PS. The van der Waals surface area contributed by atoms with Crippen LogP contribution >= 0.6 is 7.15 Å². The number of carbonyl (C=O) groups is 1. The smallest absolute Gasteiger partial charge is 0.223 e. The lowest BCUT2D eigenvalue weighted by Crippen LogP contribution is -2.26. The molecule has 0 fully saturated rings. The Morgan fingerprint density at radius 1 is 1.67 bits per heavy atom.